The third-order valence-corrected chi connectivity index (χ3v) is 6.68. The zero-order valence-electron chi connectivity index (χ0n) is 19.8. The molecule has 1 saturated carbocycles. The van der Waals surface area contributed by atoms with Gasteiger partial charge in [0.2, 0.25) is 0 Å². The molecule has 34 heavy (non-hydrogen) atoms. The number of carbonyl (C=O) groups excluding carboxylic acids is 1. The molecule has 0 radical (unpaired) electrons. The zero-order chi connectivity index (χ0) is 23.2. The third-order valence-electron chi connectivity index (χ3n) is 6.68. The Morgan fingerprint density at radius 3 is 2.44 bits per heavy atom. The van der Waals surface area contributed by atoms with E-state index in [2.05, 4.69) is 41.5 Å². The number of ether oxygens (including phenoxy) is 1. The molecule has 6 nitrogen and oxygen atoms in total. The fraction of sp³-hybridized carbons (Fsp3) is 0.464. The summed E-state index contributed by atoms with van der Waals surface area (Å²) < 4.78 is 5.59. The van der Waals surface area contributed by atoms with Gasteiger partial charge in [-0.1, -0.05) is 56.0 Å². The molecule has 5 rings (SSSR count). The number of H-pyrrole nitrogens is 1. The van der Waals surface area contributed by atoms with Crippen LogP contribution in [0.4, 0.5) is 0 Å². The van der Waals surface area contributed by atoms with Crippen LogP contribution in [0, 0.1) is 0 Å². The van der Waals surface area contributed by atoms with Crippen LogP contribution in [0.15, 0.2) is 54.6 Å². The van der Waals surface area contributed by atoms with Crippen molar-refractivity contribution < 1.29 is 14.4 Å². The van der Waals surface area contributed by atoms with Gasteiger partial charge in [-0.25, -0.2) is 4.79 Å². The molecule has 2 aromatic carbocycles. The van der Waals surface area contributed by atoms with Crippen LogP contribution in [0.5, 0.6) is 0 Å². The van der Waals surface area contributed by atoms with E-state index in [1.165, 1.54) is 27.2 Å². The number of benzene rings is 2. The van der Waals surface area contributed by atoms with Crippen molar-refractivity contribution >= 4 is 16.9 Å². The largest absolute Gasteiger partial charge is 0.461 e. The SMILES string of the molecule is C.CC1NCCc2c1[nH]c1ccccc21.CON(C)[C@H](C(=O)OC1CCCC1)c1ccccc1. The number of esters is 1. The van der Waals surface area contributed by atoms with Crippen molar-refractivity contribution in [1.29, 1.82) is 0 Å². The van der Waals surface area contributed by atoms with Crippen molar-refractivity contribution in [3.8, 4) is 0 Å². The Bertz CT molecular complexity index is 1040. The van der Waals surface area contributed by atoms with Gasteiger partial charge in [-0.15, -0.1) is 0 Å². The van der Waals surface area contributed by atoms with Gasteiger partial charge in [0.05, 0.1) is 7.11 Å². The van der Waals surface area contributed by atoms with Gasteiger partial charge in [0.15, 0.2) is 6.04 Å². The Morgan fingerprint density at radius 2 is 1.74 bits per heavy atom. The summed E-state index contributed by atoms with van der Waals surface area (Å²) in [7, 11) is 3.30. The molecule has 0 amide bonds. The smallest absolute Gasteiger partial charge is 0.330 e. The van der Waals surface area contributed by atoms with Gasteiger partial charge in [0.1, 0.15) is 6.10 Å². The highest BCUT2D eigenvalue weighted by Gasteiger charge is 2.30. The molecule has 2 aliphatic rings. The number of hydrogen-bond donors (Lipinski definition) is 2. The molecule has 2 heterocycles. The molecule has 184 valence electrons. The van der Waals surface area contributed by atoms with Crippen LogP contribution in [0.25, 0.3) is 10.9 Å². The van der Waals surface area contributed by atoms with E-state index in [4.69, 9.17) is 9.57 Å². The Kier molecular flexibility index (Phi) is 9.28. The first-order chi connectivity index (χ1) is 16.1. The van der Waals surface area contributed by atoms with Gasteiger partial charge in [0.25, 0.3) is 0 Å². The second-order valence-corrected chi connectivity index (χ2v) is 8.87. The molecular weight excluding hydrogens is 426 g/mol. The summed E-state index contributed by atoms with van der Waals surface area (Å²) in [5, 5.41) is 6.40. The average Bonchev–Trinajstić information content (AvgIpc) is 3.49. The lowest BCUT2D eigenvalue weighted by Crippen LogP contribution is -2.33. The van der Waals surface area contributed by atoms with E-state index in [1.54, 1.807) is 14.2 Å². The molecule has 2 atom stereocenters. The van der Waals surface area contributed by atoms with Crippen molar-refractivity contribution in [2.45, 2.75) is 64.6 Å². The molecule has 1 aliphatic heterocycles. The standard InChI is InChI=1S/C15H21NO3.C12H14N2.CH4/c1-16(18-2)14(12-8-4-3-5-9-12)15(17)19-13-10-6-7-11-13;1-8-12-10(6-7-13-8)9-4-2-3-5-11(9)14-12;/h3-5,8-9,13-14H,6-7,10-11H2,1-2H3;2-5,8,13-14H,6-7H2,1H3;1H4/t14-;;/m0../s1. The number of nitrogens with zero attached hydrogens (tertiary/aromatic N) is 1. The number of aromatic nitrogens is 1. The highest BCUT2D eigenvalue weighted by atomic mass is 16.7. The molecule has 1 unspecified atom stereocenters. The average molecular weight is 466 g/mol. The number of nitrogens with one attached hydrogen (secondary N) is 2. The number of fused-ring (bicyclic) bond motifs is 3. The number of rotatable bonds is 5. The number of hydroxylamine groups is 2. The fourth-order valence-corrected chi connectivity index (χ4v) is 4.85. The van der Waals surface area contributed by atoms with Crippen LogP contribution in [0.3, 0.4) is 0 Å². The summed E-state index contributed by atoms with van der Waals surface area (Å²) in [6, 6.07) is 18.1. The third kappa shape index (κ3) is 5.87. The maximum Gasteiger partial charge on any atom is 0.330 e. The molecule has 1 fully saturated rings. The number of para-hydroxylation sites is 1. The van der Waals surface area contributed by atoms with Crippen LogP contribution in [0.2, 0.25) is 0 Å². The summed E-state index contributed by atoms with van der Waals surface area (Å²) in [6.07, 6.45) is 5.46. The maximum atomic E-state index is 12.4. The van der Waals surface area contributed by atoms with Gasteiger partial charge in [0, 0.05) is 29.7 Å². The summed E-state index contributed by atoms with van der Waals surface area (Å²) in [4.78, 5) is 21.0. The van der Waals surface area contributed by atoms with Gasteiger partial charge < -0.3 is 19.9 Å². The predicted octanol–water partition coefficient (Wildman–Crippen LogP) is 5.72. The van der Waals surface area contributed by atoms with E-state index < -0.39 is 6.04 Å². The Hall–Kier alpha value is -2.67. The van der Waals surface area contributed by atoms with Crippen molar-refractivity contribution in [3.63, 3.8) is 0 Å². The van der Waals surface area contributed by atoms with Crippen molar-refractivity contribution in [1.82, 2.24) is 15.4 Å². The Balaban J connectivity index is 0.000000192. The predicted molar refractivity (Wildman–Crippen MR) is 137 cm³/mol. The molecule has 0 bridgehead atoms. The maximum absolute atomic E-state index is 12.4. The molecule has 2 N–H and O–H groups in total. The van der Waals surface area contributed by atoms with E-state index >= 15 is 0 Å². The minimum Gasteiger partial charge on any atom is -0.461 e. The molecule has 3 aromatic rings. The van der Waals surface area contributed by atoms with Crippen LogP contribution < -0.4 is 5.32 Å². The lowest BCUT2D eigenvalue weighted by atomic mass is 10.0. The molecule has 0 spiro atoms. The zero-order valence-corrected chi connectivity index (χ0v) is 19.8. The van der Waals surface area contributed by atoms with E-state index in [-0.39, 0.29) is 19.5 Å². The lowest BCUT2D eigenvalue weighted by molar-refractivity contribution is -0.184. The monoisotopic (exact) mass is 465 g/mol. The Labute approximate surface area is 203 Å². The van der Waals surface area contributed by atoms with E-state index in [9.17, 15) is 4.79 Å². The van der Waals surface area contributed by atoms with E-state index in [0.29, 0.717) is 6.04 Å². The summed E-state index contributed by atoms with van der Waals surface area (Å²) in [5.74, 6) is -0.234. The van der Waals surface area contributed by atoms with Crippen molar-refractivity contribution in [2.75, 3.05) is 20.7 Å². The van der Waals surface area contributed by atoms with E-state index in [1.807, 2.05) is 30.3 Å². The van der Waals surface area contributed by atoms with E-state index in [0.717, 1.165) is 44.2 Å². The van der Waals surface area contributed by atoms with Gasteiger partial charge in [-0.2, -0.15) is 5.06 Å². The van der Waals surface area contributed by atoms with Crippen molar-refractivity contribution in [2.24, 2.45) is 0 Å². The minimum atomic E-state index is -0.508. The number of hydrogen-bond acceptors (Lipinski definition) is 5. The number of aromatic amines is 1. The summed E-state index contributed by atoms with van der Waals surface area (Å²) in [6.45, 7) is 3.31. The van der Waals surface area contributed by atoms with Gasteiger partial charge >= 0.3 is 5.97 Å². The molecule has 1 aliphatic carbocycles. The van der Waals surface area contributed by atoms with Crippen LogP contribution in [-0.2, 0) is 20.8 Å². The second kappa shape index (κ2) is 12.2. The Morgan fingerprint density at radius 1 is 1.06 bits per heavy atom. The van der Waals surface area contributed by atoms with Gasteiger partial charge in [-0.3, -0.25) is 0 Å². The summed E-state index contributed by atoms with van der Waals surface area (Å²) >= 11 is 0. The highest BCUT2D eigenvalue weighted by Crippen LogP contribution is 2.29. The normalized spacial score (nSPS) is 18.5. The highest BCUT2D eigenvalue weighted by molar-refractivity contribution is 5.85. The number of carbonyl (C=O) groups is 1. The van der Waals surface area contributed by atoms with Crippen LogP contribution >= 0.6 is 0 Å². The molecule has 0 saturated heterocycles. The molecular formula is C28H39N3O3. The summed E-state index contributed by atoms with van der Waals surface area (Å²) in [5.41, 5.74) is 5.03. The van der Waals surface area contributed by atoms with Gasteiger partial charge in [-0.05, 0) is 62.8 Å². The second-order valence-electron chi connectivity index (χ2n) is 8.87. The quantitative estimate of drug-likeness (QED) is 0.373. The lowest BCUT2D eigenvalue weighted by Gasteiger charge is -2.26. The fourth-order valence-electron chi connectivity index (χ4n) is 4.85. The van der Waals surface area contributed by atoms with Crippen molar-refractivity contribution in [3.05, 3.63) is 71.4 Å². The molecule has 6 heteroatoms. The minimum absolute atomic E-state index is 0. The molecule has 1 aromatic heterocycles. The topological polar surface area (TPSA) is 66.6 Å². The number of likely N-dealkylation sites (N-methyl/N-ethyl adjacent to an activating group) is 1. The first-order valence-electron chi connectivity index (χ1n) is 11.9. The van der Waals surface area contributed by atoms with Crippen LogP contribution in [-0.4, -0.2) is 42.8 Å². The first kappa shape index (κ1) is 25.9. The van der Waals surface area contributed by atoms with Crippen LogP contribution in [0.1, 0.15) is 68.9 Å². The first-order valence-corrected chi connectivity index (χ1v) is 11.9.